The molecule has 0 fully saturated rings. The Morgan fingerprint density at radius 1 is 1.17 bits per heavy atom. The number of halogens is 1. The monoisotopic (exact) mass is 466 g/mol. The fourth-order valence-corrected chi connectivity index (χ4v) is 4.01. The molecule has 4 aromatic rings. The van der Waals surface area contributed by atoms with Crippen LogP contribution in [-0.2, 0) is 17.9 Å². The minimum atomic E-state index is 0.0347. The Morgan fingerprint density at radius 3 is 2.60 bits per heavy atom. The van der Waals surface area contributed by atoms with E-state index < -0.39 is 0 Å². The topological polar surface area (TPSA) is 60.3 Å². The summed E-state index contributed by atoms with van der Waals surface area (Å²) in [5, 5.41) is 1.04. The number of amides is 1. The van der Waals surface area contributed by atoms with Gasteiger partial charge in [0, 0.05) is 29.9 Å². The van der Waals surface area contributed by atoms with E-state index in [1.165, 1.54) is 0 Å². The van der Waals surface area contributed by atoms with Crippen LogP contribution in [0, 0.1) is 0 Å². The molecule has 0 atom stereocenters. The van der Waals surface area contributed by atoms with Gasteiger partial charge in [-0.05, 0) is 42.8 Å². The van der Waals surface area contributed by atoms with Crippen LogP contribution in [0.4, 0.5) is 0 Å². The summed E-state index contributed by atoms with van der Waals surface area (Å²) in [6.07, 6.45) is 1.81. The maximum absolute atomic E-state index is 12.0. The van der Waals surface area contributed by atoms with Crippen LogP contribution < -0.4 is 4.74 Å². The fourth-order valence-electron chi connectivity index (χ4n) is 3.66. The van der Waals surface area contributed by atoms with E-state index in [0.717, 1.165) is 43.5 Å². The third-order valence-electron chi connectivity index (χ3n) is 5.27. The molecule has 4 rings (SSSR count). The molecule has 0 unspecified atom stereocenters. The Bertz CT molecular complexity index is 1220. The lowest BCUT2D eigenvalue weighted by Gasteiger charge is -2.19. The molecule has 1 amide bonds. The number of hydrogen-bond donors (Lipinski definition) is 0. The highest BCUT2D eigenvalue weighted by Crippen LogP contribution is 2.28. The number of aromatic nitrogens is 3. The molecule has 0 aliphatic rings. The number of hydrogen-bond acceptors (Lipinski definition) is 4. The Hall–Kier alpha value is -2.93. The molecular weight excluding hydrogens is 444 g/mol. The number of rotatable bonds is 6. The Balaban J connectivity index is 1.89. The molecule has 0 radical (unpaired) electrons. The van der Waals surface area contributed by atoms with Crippen molar-refractivity contribution in [3.63, 3.8) is 0 Å². The summed E-state index contributed by atoms with van der Waals surface area (Å²) in [5.41, 5.74) is 3.88. The zero-order valence-corrected chi connectivity index (χ0v) is 18.8. The molecule has 0 bridgehead atoms. The quantitative estimate of drug-likeness (QED) is 0.410. The van der Waals surface area contributed by atoms with Crippen molar-refractivity contribution in [3.05, 3.63) is 64.5 Å². The zero-order chi connectivity index (χ0) is 21.3. The fraction of sp³-hybridized carbons (Fsp3) is 0.261. The molecule has 6 nitrogen and oxygen atoms in total. The zero-order valence-electron chi connectivity index (χ0n) is 17.2. The van der Waals surface area contributed by atoms with E-state index in [1.54, 1.807) is 18.9 Å². The summed E-state index contributed by atoms with van der Waals surface area (Å²) in [4.78, 5) is 23.3. The van der Waals surface area contributed by atoms with Crippen molar-refractivity contribution in [2.75, 3.05) is 13.7 Å². The van der Waals surface area contributed by atoms with Crippen LogP contribution in [0.1, 0.15) is 25.2 Å². The molecule has 2 aromatic heterocycles. The lowest BCUT2D eigenvalue weighted by atomic mass is 10.1. The van der Waals surface area contributed by atoms with Crippen LogP contribution in [0.15, 0.2) is 53.1 Å². The number of ether oxygens (including phenoxy) is 1. The van der Waals surface area contributed by atoms with Crippen molar-refractivity contribution < 1.29 is 9.53 Å². The lowest BCUT2D eigenvalue weighted by Crippen LogP contribution is -2.29. The number of pyridine rings is 1. The van der Waals surface area contributed by atoms with Gasteiger partial charge in [-0.25, -0.2) is 4.98 Å². The van der Waals surface area contributed by atoms with Crippen LogP contribution in [0.2, 0.25) is 0 Å². The van der Waals surface area contributed by atoms with Crippen LogP contribution in [0.5, 0.6) is 5.75 Å². The van der Waals surface area contributed by atoms with E-state index >= 15 is 0 Å². The second-order valence-corrected chi connectivity index (χ2v) is 8.06. The van der Waals surface area contributed by atoms with E-state index in [9.17, 15) is 4.79 Å². The van der Waals surface area contributed by atoms with Crippen molar-refractivity contribution in [2.45, 2.75) is 26.9 Å². The number of benzene rings is 2. The lowest BCUT2D eigenvalue weighted by molar-refractivity contribution is -0.129. The van der Waals surface area contributed by atoms with Crippen molar-refractivity contribution in [1.29, 1.82) is 0 Å². The first-order chi connectivity index (χ1) is 14.5. The van der Waals surface area contributed by atoms with E-state index in [-0.39, 0.29) is 5.91 Å². The summed E-state index contributed by atoms with van der Waals surface area (Å²) >= 11 is 3.53. The number of fused-ring (bicyclic) bond motifs is 3. The minimum absolute atomic E-state index is 0.0347. The molecule has 7 heteroatoms. The molecular formula is C23H23BrN4O2. The largest absolute Gasteiger partial charge is 0.497 e. The number of carbonyl (C=O) groups is 1. The third kappa shape index (κ3) is 3.89. The smallest absolute Gasteiger partial charge is 0.219 e. The minimum Gasteiger partial charge on any atom is -0.497 e. The van der Waals surface area contributed by atoms with Gasteiger partial charge in [0.2, 0.25) is 5.91 Å². The van der Waals surface area contributed by atoms with Gasteiger partial charge < -0.3 is 14.2 Å². The Morgan fingerprint density at radius 2 is 1.93 bits per heavy atom. The average Bonchev–Trinajstić information content (AvgIpc) is 3.09. The molecule has 2 heterocycles. The van der Waals surface area contributed by atoms with Gasteiger partial charge in [0.15, 0.2) is 0 Å². The predicted octanol–water partition coefficient (Wildman–Crippen LogP) is 4.77. The van der Waals surface area contributed by atoms with Gasteiger partial charge in [-0.1, -0.05) is 28.1 Å². The molecule has 0 N–H and O–H groups in total. The molecule has 0 saturated heterocycles. The summed E-state index contributed by atoms with van der Waals surface area (Å²) in [6, 6.07) is 14.1. The van der Waals surface area contributed by atoms with Gasteiger partial charge >= 0.3 is 0 Å². The van der Waals surface area contributed by atoms with Crippen LogP contribution in [0.25, 0.3) is 21.9 Å². The second kappa shape index (κ2) is 8.44. The van der Waals surface area contributed by atoms with Crippen LogP contribution >= 0.6 is 15.9 Å². The van der Waals surface area contributed by atoms with Crippen LogP contribution in [0.3, 0.4) is 0 Å². The van der Waals surface area contributed by atoms with Crippen molar-refractivity contribution in [3.8, 4) is 5.75 Å². The van der Waals surface area contributed by atoms with Crippen molar-refractivity contribution >= 4 is 43.8 Å². The first kappa shape index (κ1) is 20.3. The van der Waals surface area contributed by atoms with E-state index in [4.69, 9.17) is 9.72 Å². The maximum Gasteiger partial charge on any atom is 0.219 e. The van der Waals surface area contributed by atoms with Gasteiger partial charge in [-0.3, -0.25) is 9.78 Å². The average molecular weight is 467 g/mol. The van der Waals surface area contributed by atoms with Gasteiger partial charge in [0.05, 0.1) is 30.9 Å². The summed E-state index contributed by atoms with van der Waals surface area (Å²) in [5.74, 6) is 1.70. The number of nitrogens with zero attached hydrogens (tertiary/aromatic N) is 4. The van der Waals surface area contributed by atoms with Gasteiger partial charge in [0.25, 0.3) is 0 Å². The molecule has 0 aliphatic carbocycles. The van der Waals surface area contributed by atoms with Gasteiger partial charge in [-0.15, -0.1) is 0 Å². The van der Waals surface area contributed by atoms with E-state index in [2.05, 4.69) is 43.7 Å². The summed E-state index contributed by atoms with van der Waals surface area (Å²) < 4.78 is 8.46. The Labute approximate surface area is 183 Å². The van der Waals surface area contributed by atoms with Gasteiger partial charge in [0.1, 0.15) is 17.1 Å². The van der Waals surface area contributed by atoms with Crippen molar-refractivity contribution in [1.82, 2.24) is 19.4 Å². The number of imidazole rings is 1. The summed E-state index contributed by atoms with van der Waals surface area (Å²) in [6.45, 7) is 5.29. The van der Waals surface area contributed by atoms with Crippen LogP contribution in [-0.4, -0.2) is 39.0 Å². The number of methoxy groups -OCH3 is 1. The molecule has 154 valence electrons. The highest BCUT2D eigenvalue weighted by atomic mass is 79.9. The summed E-state index contributed by atoms with van der Waals surface area (Å²) in [7, 11) is 1.66. The molecule has 0 aliphatic heterocycles. The highest BCUT2D eigenvalue weighted by molar-refractivity contribution is 9.10. The SMILES string of the molecule is CCN(Cc1nc2cnc3cc(Br)ccc3c2n1Cc1ccc(OC)cc1)C(C)=O. The first-order valence-corrected chi connectivity index (χ1v) is 10.6. The normalized spacial score (nSPS) is 11.2. The molecule has 0 saturated carbocycles. The predicted molar refractivity (Wildman–Crippen MR) is 122 cm³/mol. The van der Waals surface area contributed by atoms with Gasteiger partial charge in [-0.2, -0.15) is 0 Å². The first-order valence-electron chi connectivity index (χ1n) is 9.82. The molecule has 2 aromatic carbocycles. The Kier molecular flexibility index (Phi) is 5.72. The number of carbonyl (C=O) groups excluding carboxylic acids is 1. The maximum atomic E-state index is 12.0. The van der Waals surface area contributed by atoms with E-state index in [0.29, 0.717) is 19.6 Å². The van der Waals surface area contributed by atoms with E-state index in [1.807, 2.05) is 37.4 Å². The van der Waals surface area contributed by atoms with Crippen molar-refractivity contribution in [2.24, 2.45) is 0 Å². The second-order valence-electron chi connectivity index (χ2n) is 7.15. The standard InChI is InChI=1S/C23H23BrN4O2/c1-4-27(15(2)29)14-22-26-21-12-25-20-11-17(24)7-10-19(20)23(21)28(22)13-16-5-8-18(30-3)9-6-16/h5-12H,4,13-14H2,1-3H3. The third-order valence-corrected chi connectivity index (χ3v) is 5.77. The molecule has 0 spiro atoms. The highest BCUT2D eigenvalue weighted by Gasteiger charge is 2.18. The molecule has 30 heavy (non-hydrogen) atoms.